The van der Waals surface area contributed by atoms with Gasteiger partial charge in [0.25, 0.3) is 5.91 Å². The van der Waals surface area contributed by atoms with Crippen LogP contribution in [0.25, 0.3) is 16.1 Å². The average molecular weight is 258 g/mol. The fourth-order valence-corrected chi connectivity index (χ4v) is 2.52. The molecule has 3 aromatic rings. The number of fused-ring (bicyclic) bond motifs is 1. The van der Waals surface area contributed by atoms with Crippen molar-refractivity contribution >= 4 is 22.9 Å². The van der Waals surface area contributed by atoms with Crippen molar-refractivity contribution in [3.05, 3.63) is 41.4 Å². The fraction of sp³-hybridized carbons (Fsp3) is 0.0833. The highest BCUT2D eigenvalue weighted by Gasteiger charge is 2.08. The monoisotopic (exact) mass is 258 g/mol. The summed E-state index contributed by atoms with van der Waals surface area (Å²) in [5, 5.41) is 1.02. The lowest BCUT2D eigenvalue weighted by molar-refractivity contribution is 0.0996. The quantitative estimate of drug-likeness (QED) is 0.762. The van der Waals surface area contributed by atoms with Crippen molar-refractivity contribution in [3.63, 3.8) is 0 Å². The Labute approximate surface area is 107 Å². The number of imidazole rings is 1. The molecule has 3 heterocycles. The van der Waals surface area contributed by atoms with Crippen LogP contribution < -0.4 is 5.73 Å². The topological polar surface area (TPSA) is 73.3 Å². The van der Waals surface area contributed by atoms with Crippen LogP contribution in [0.4, 0.5) is 0 Å². The van der Waals surface area contributed by atoms with Crippen LogP contribution in [0.3, 0.4) is 0 Å². The second kappa shape index (κ2) is 3.92. The minimum atomic E-state index is -0.520. The zero-order valence-electron chi connectivity index (χ0n) is 9.62. The molecular formula is C12H10N4OS. The Kier molecular flexibility index (Phi) is 2.38. The molecule has 0 aliphatic heterocycles. The van der Waals surface area contributed by atoms with Crippen molar-refractivity contribution in [1.29, 1.82) is 0 Å². The van der Waals surface area contributed by atoms with E-state index in [0.717, 1.165) is 15.4 Å². The Morgan fingerprint density at radius 1 is 1.39 bits per heavy atom. The normalized spacial score (nSPS) is 10.9. The molecule has 0 aromatic carbocycles. The van der Waals surface area contributed by atoms with Crippen molar-refractivity contribution in [1.82, 2.24) is 14.4 Å². The zero-order chi connectivity index (χ0) is 12.7. The van der Waals surface area contributed by atoms with Gasteiger partial charge in [-0.15, -0.1) is 11.3 Å². The molecular weight excluding hydrogens is 248 g/mol. The number of pyridine rings is 1. The number of nitrogens with zero attached hydrogens (tertiary/aromatic N) is 3. The third-order valence-electron chi connectivity index (χ3n) is 2.61. The van der Waals surface area contributed by atoms with E-state index in [1.54, 1.807) is 21.9 Å². The van der Waals surface area contributed by atoms with E-state index in [1.807, 2.05) is 31.5 Å². The van der Waals surface area contributed by atoms with E-state index in [9.17, 15) is 4.79 Å². The summed E-state index contributed by atoms with van der Waals surface area (Å²) in [6.45, 7) is 1.97. The summed E-state index contributed by atoms with van der Waals surface area (Å²) in [6.07, 6.45) is 5.39. The SMILES string of the molecule is Cc1ncc(-c2ccc3nc(C(N)=O)cn3c2)s1. The number of aryl methyl sites for hydroxylation is 1. The summed E-state index contributed by atoms with van der Waals surface area (Å²) in [5.74, 6) is -0.520. The molecule has 0 radical (unpaired) electrons. The molecule has 0 spiro atoms. The van der Waals surface area contributed by atoms with E-state index < -0.39 is 5.91 Å². The Morgan fingerprint density at radius 3 is 2.89 bits per heavy atom. The highest BCUT2D eigenvalue weighted by atomic mass is 32.1. The van der Waals surface area contributed by atoms with Gasteiger partial charge in [-0.05, 0) is 19.1 Å². The molecule has 0 saturated heterocycles. The van der Waals surface area contributed by atoms with Crippen molar-refractivity contribution in [2.24, 2.45) is 5.73 Å². The third-order valence-corrected chi connectivity index (χ3v) is 3.57. The lowest BCUT2D eigenvalue weighted by Crippen LogP contribution is -2.10. The number of carbonyl (C=O) groups excluding carboxylic acids is 1. The summed E-state index contributed by atoms with van der Waals surface area (Å²) >= 11 is 1.63. The summed E-state index contributed by atoms with van der Waals surface area (Å²) in [6, 6.07) is 3.82. The van der Waals surface area contributed by atoms with Gasteiger partial charge in [-0.3, -0.25) is 4.79 Å². The number of hydrogen-bond acceptors (Lipinski definition) is 4. The number of amides is 1. The smallest absolute Gasteiger partial charge is 0.268 e. The average Bonchev–Trinajstić information content (AvgIpc) is 2.93. The number of thiazole rings is 1. The van der Waals surface area contributed by atoms with Gasteiger partial charge in [0.15, 0.2) is 0 Å². The molecule has 2 N–H and O–H groups in total. The Bertz CT molecular complexity index is 743. The maximum atomic E-state index is 11.1. The number of aromatic nitrogens is 3. The number of primary amides is 1. The predicted octanol–water partition coefficient (Wildman–Crippen LogP) is 1.87. The second-order valence-corrected chi connectivity index (χ2v) is 5.15. The van der Waals surface area contributed by atoms with Crippen LogP contribution in [-0.4, -0.2) is 20.3 Å². The van der Waals surface area contributed by atoms with Gasteiger partial charge in [-0.2, -0.15) is 0 Å². The maximum Gasteiger partial charge on any atom is 0.268 e. The summed E-state index contributed by atoms with van der Waals surface area (Å²) in [5.41, 5.74) is 7.22. The van der Waals surface area contributed by atoms with Crippen LogP contribution in [0.2, 0.25) is 0 Å². The predicted molar refractivity (Wildman–Crippen MR) is 69.6 cm³/mol. The molecule has 0 atom stereocenters. The summed E-state index contributed by atoms with van der Waals surface area (Å²) < 4.78 is 1.80. The largest absolute Gasteiger partial charge is 0.364 e. The minimum Gasteiger partial charge on any atom is -0.364 e. The van der Waals surface area contributed by atoms with E-state index in [1.165, 1.54) is 0 Å². The van der Waals surface area contributed by atoms with Crippen LogP contribution >= 0.6 is 11.3 Å². The lowest BCUT2D eigenvalue weighted by atomic mass is 10.2. The molecule has 3 aromatic heterocycles. The first-order valence-corrected chi connectivity index (χ1v) is 6.16. The Hall–Kier alpha value is -2.21. The first-order valence-electron chi connectivity index (χ1n) is 5.35. The highest BCUT2D eigenvalue weighted by molar-refractivity contribution is 7.15. The first-order chi connectivity index (χ1) is 8.63. The van der Waals surface area contributed by atoms with Crippen LogP contribution in [-0.2, 0) is 0 Å². The molecule has 3 rings (SSSR count). The Balaban J connectivity index is 2.13. The fourth-order valence-electron chi connectivity index (χ4n) is 1.75. The molecule has 0 saturated carbocycles. The van der Waals surface area contributed by atoms with E-state index in [4.69, 9.17) is 5.73 Å². The van der Waals surface area contributed by atoms with Gasteiger partial charge >= 0.3 is 0 Å². The number of nitrogens with two attached hydrogens (primary N) is 1. The molecule has 0 aliphatic rings. The molecule has 90 valence electrons. The molecule has 5 nitrogen and oxygen atoms in total. The molecule has 6 heteroatoms. The van der Waals surface area contributed by atoms with Crippen LogP contribution in [0.1, 0.15) is 15.5 Å². The van der Waals surface area contributed by atoms with Crippen LogP contribution in [0.15, 0.2) is 30.7 Å². The molecule has 0 bridgehead atoms. The lowest BCUT2D eigenvalue weighted by Gasteiger charge is -1.97. The van der Waals surface area contributed by atoms with Crippen molar-refractivity contribution in [2.75, 3.05) is 0 Å². The Morgan fingerprint density at radius 2 is 2.22 bits per heavy atom. The molecule has 0 aliphatic carbocycles. The van der Waals surface area contributed by atoms with Gasteiger partial charge < -0.3 is 10.1 Å². The molecule has 0 fully saturated rings. The minimum absolute atomic E-state index is 0.271. The standard InChI is InChI=1S/C12H10N4OS/c1-7-14-4-10(18-7)8-2-3-11-15-9(12(13)17)6-16(11)5-8/h2-6H,1H3,(H2,13,17). The summed E-state index contributed by atoms with van der Waals surface area (Å²) in [7, 11) is 0. The van der Waals surface area contributed by atoms with Gasteiger partial charge in [0.05, 0.1) is 9.88 Å². The van der Waals surface area contributed by atoms with E-state index in [-0.39, 0.29) is 5.69 Å². The number of carbonyl (C=O) groups is 1. The molecule has 1 amide bonds. The maximum absolute atomic E-state index is 11.1. The van der Waals surface area contributed by atoms with Gasteiger partial charge in [0, 0.05) is 24.2 Å². The third kappa shape index (κ3) is 1.76. The molecule has 18 heavy (non-hydrogen) atoms. The van der Waals surface area contributed by atoms with E-state index >= 15 is 0 Å². The number of rotatable bonds is 2. The van der Waals surface area contributed by atoms with Crippen molar-refractivity contribution in [3.8, 4) is 10.4 Å². The van der Waals surface area contributed by atoms with Gasteiger partial charge in [0.2, 0.25) is 0 Å². The summed E-state index contributed by atoms with van der Waals surface area (Å²) in [4.78, 5) is 20.5. The molecule has 0 unspecified atom stereocenters. The number of hydrogen-bond donors (Lipinski definition) is 1. The highest BCUT2D eigenvalue weighted by Crippen LogP contribution is 2.25. The van der Waals surface area contributed by atoms with Crippen LogP contribution in [0, 0.1) is 6.92 Å². The van der Waals surface area contributed by atoms with E-state index in [0.29, 0.717) is 5.65 Å². The first kappa shape index (κ1) is 10.9. The van der Waals surface area contributed by atoms with E-state index in [2.05, 4.69) is 9.97 Å². The van der Waals surface area contributed by atoms with Crippen LogP contribution in [0.5, 0.6) is 0 Å². The van der Waals surface area contributed by atoms with Crippen molar-refractivity contribution < 1.29 is 4.79 Å². The van der Waals surface area contributed by atoms with Crippen molar-refractivity contribution in [2.45, 2.75) is 6.92 Å². The second-order valence-electron chi connectivity index (χ2n) is 3.92. The van der Waals surface area contributed by atoms with Gasteiger partial charge in [-0.1, -0.05) is 0 Å². The van der Waals surface area contributed by atoms with Gasteiger partial charge in [0.1, 0.15) is 11.3 Å². The van der Waals surface area contributed by atoms with Gasteiger partial charge in [-0.25, -0.2) is 9.97 Å². The zero-order valence-corrected chi connectivity index (χ0v) is 10.4.